The maximum Gasteiger partial charge on any atom is 0.224 e. The Morgan fingerprint density at radius 1 is 1.39 bits per heavy atom. The molecule has 0 aromatic heterocycles. The summed E-state index contributed by atoms with van der Waals surface area (Å²) in [5.74, 6) is 0.0385. The zero-order valence-electron chi connectivity index (χ0n) is 10.1. The normalized spacial score (nSPS) is 19.9. The predicted octanol–water partition coefficient (Wildman–Crippen LogP) is 1.09. The number of hydrogen-bond donors (Lipinski definition) is 4. The molecule has 5 heteroatoms. The first kappa shape index (κ1) is 11.3. The summed E-state index contributed by atoms with van der Waals surface area (Å²) in [5, 5.41) is 15.5. The molecule has 5 nitrogen and oxygen atoms in total. The topological polar surface area (TPSA) is 87.4 Å². The summed E-state index contributed by atoms with van der Waals surface area (Å²) in [5.41, 5.74) is 9.17. The number of amides is 1. The second kappa shape index (κ2) is 3.88. The third kappa shape index (κ3) is 1.90. The van der Waals surface area contributed by atoms with Gasteiger partial charge in [-0.3, -0.25) is 4.79 Å². The van der Waals surface area contributed by atoms with Crippen LogP contribution in [0.2, 0.25) is 0 Å². The summed E-state index contributed by atoms with van der Waals surface area (Å²) in [6, 6.07) is 3.78. The van der Waals surface area contributed by atoms with E-state index in [2.05, 4.69) is 10.6 Å². The smallest absolute Gasteiger partial charge is 0.224 e. The van der Waals surface area contributed by atoms with E-state index in [1.54, 1.807) is 6.07 Å². The van der Waals surface area contributed by atoms with Crippen molar-refractivity contribution in [1.82, 2.24) is 0 Å². The summed E-state index contributed by atoms with van der Waals surface area (Å²) in [4.78, 5) is 11.3. The van der Waals surface area contributed by atoms with Crippen molar-refractivity contribution in [3.8, 4) is 0 Å². The van der Waals surface area contributed by atoms with Crippen LogP contribution in [0, 0.1) is 0 Å². The van der Waals surface area contributed by atoms with Crippen LogP contribution in [0.1, 0.15) is 24.8 Å². The molecule has 1 aliphatic carbocycles. The number of hydrogen-bond acceptors (Lipinski definition) is 4. The zero-order valence-corrected chi connectivity index (χ0v) is 10.1. The van der Waals surface area contributed by atoms with Gasteiger partial charge in [-0.1, -0.05) is 0 Å². The first-order valence-electron chi connectivity index (χ1n) is 6.23. The zero-order chi connectivity index (χ0) is 12.8. The van der Waals surface area contributed by atoms with Crippen molar-refractivity contribution >= 4 is 23.0 Å². The van der Waals surface area contributed by atoms with E-state index in [0.29, 0.717) is 12.1 Å². The van der Waals surface area contributed by atoms with E-state index in [9.17, 15) is 9.90 Å². The van der Waals surface area contributed by atoms with Gasteiger partial charge in [0.2, 0.25) is 5.91 Å². The van der Waals surface area contributed by atoms with Gasteiger partial charge in [0.15, 0.2) is 0 Å². The number of fused-ring (bicyclic) bond motifs is 1. The second-order valence-corrected chi connectivity index (χ2v) is 5.21. The monoisotopic (exact) mass is 247 g/mol. The van der Waals surface area contributed by atoms with Crippen LogP contribution in [0.5, 0.6) is 0 Å². The first-order chi connectivity index (χ1) is 8.62. The van der Waals surface area contributed by atoms with Crippen LogP contribution in [0.15, 0.2) is 12.1 Å². The average Bonchev–Trinajstić information content (AvgIpc) is 3.11. The second-order valence-electron chi connectivity index (χ2n) is 5.21. The average molecular weight is 247 g/mol. The number of nitrogen functional groups attached to an aromatic ring is 1. The highest BCUT2D eigenvalue weighted by Gasteiger charge is 2.42. The van der Waals surface area contributed by atoms with Gasteiger partial charge in [0.05, 0.1) is 23.5 Å². The van der Waals surface area contributed by atoms with Crippen LogP contribution < -0.4 is 16.4 Å². The van der Waals surface area contributed by atoms with Crippen molar-refractivity contribution in [1.29, 1.82) is 0 Å². The third-order valence-electron chi connectivity index (χ3n) is 3.73. The molecule has 3 rings (SSSR count). The van der Waals surface area contributed by atoms with Gasteiger partial charge in [-0.2, -0.15) is 0 Å². The Labute approximate surface area is 105 Å². The maximum atomic E-state index is 11.3. The molecule has 0 radical (unpaired) electrons. The fourth-order valence-corrected chi connectivity index (χ4v) is 2.31. The summed E-state index contributed by atoms with van der Waals surface area (Å²) in [6.45, 7) is 0.125. The molecule has 96 valence electrons. The van der Waals surface area contributed by atoms with E-state index in [1.165, 1.54) is 0 Å². The van der Waals surface area contributed by atoms with Crippen molar-refractivity contribution in [2.24, 2.45) is 0 Å². The van der Waals surface area contributed by atoms with Crippen molar-refractivity contribution < 1.29 is 9.90 Å². The number of benzene rings is 1. The third-order valence-corrected chi connectivity index (χ3v) is 3.73. The van der Waals surface area contributed by atoms with Crippen molar-refractivity contribution in [3.63, 3.8) is 0 Å². The van der Waals surface area contributed by atoms with Gasteiger partial charge < -0.3 is 21.5 Å². The minimum absolute atomic E-state index is 0.0385. The molecule has 18 heavy (non-hydrogen) atoms. The molecule has 5 N–H and O–H groups in total. The molecule has 1 aliphatic heterocycles. The van der Waals surface area contributed by atoms with Gasteiger partial charge >= 0.3 is 0 Å². The number of aliphatic hydroxyl groups is 1. The van der Waals surface area contributed by atoms with Crippen LogP contribution in [0.25, 0.3) is 0 Å². The number of anilines is 3. The Balaban J connectivity index is 1.90. The molecule has 2 aliphatic rings. The molecule has 1 aromatic rings. The molecule has 1 heterocycles. The Bertz CT molecular complexity index is 509. The van der Waals surface area contributed by atoms with E-state index in [4.69, 9.17) is 5.73 Å². The minimum Gasteiger partial charge on any atom is -0.397 e. The number of rotatable bonds is 3. The first-order valence-corrected chi connectivity index (χ1v) is 6.23. The fraction of sp³-hybridized carbons (Fsp3) is 0.462. The molecular weight excluding hydrogens is 230 g/mol. The van der Waals surface area contributed by atoms with Gasteiger partial charge in [-0.05, 0) is 37.0 Å². The van der Waals surface area contributed by atoms with Gasteiger partial charge in [0.1, 0.15) is 0 Å². The molecule has 0 bridgehead atoms. The SMILES string of the molecule is Nc1cc2c(cc1NC1(CO)CC1)CCC(=O)N2. The van der Waals surface area contributed by atoms with Crippen LogP contribution in [0.3, 0.4) is 0 Å². The van der Waals surface area contributed by atoms with E-state index >= 15 is 0 Å². The highest BCUT2D eigenvalue weighted by Crippen LogP contribution is 2.41. The van der Waals surface area contributed by atoms with Gasteiger partial charge in [-0.25, -0.2) is 0 Å². The van der Waals surface area contributed by atoms with Gasteiger partial charge in [-0.15, -0.1) is 0 Å². The van der Waals surface area contributed by atoms with Gasteiger partial charge in [0, 0.05) is 12.1 Å². The molecule has 0 unspecified atom stereocenters. The number of nitrogens with one attached hydrogen (secondary N) is 2. The number of carbonyl (C=O) groups excluding carboxylic acids is 1. The summed E-state index contributed by atoms with van der Waals surface area (Å²) in [7, 11) is 0. The lowest BCUT2D eigenvalue weighted by atomic mass is 10.0. The number of aliphatic hydroxyl groups excluding tert-OH is 1. The highest BCUT2D eigenvalue weighted by molar-refractivity contribution is 5.95. The van der Waals surface area contributed by atoms with Crippen molar-refractivity contribution in [2.45, 2.75) is 31.2 Å². The summed E-state index contributed by atoms with van der Waals surface area (Å²) < 4.78 is 0. The van der Waals surface area contributed by atoms with Crippen LogP contribution >= 0.6 is 0 Å². The molecule has 0 spiro atoms. The van der Waals surface area contributed by atoms with E-state index < -0.39 is 0 Å². The van der Waals surface area contributed by atoms with Crippen LogP contribution in [-0.4, -0.2) is 23.2 Å². The van der Waals surface area contributed by atoms with E-state index in [-0.39, 0.29) is 18.1 Å². The summed E-state index contributed by atoms with van der Waals surface area (Å²) >= 11 is 0. The molecule has 1 aromatic carbocycles. The molecule has 0 atom stereocenters. The number of nitrogens with two attached hydrogens (primary N) is 1. The minimum atomic E-state index is -0.180. The quantitative estimate of drug-likeness (QED) is 0.602. The molecule has 1 fully saturated rings. The van der Waals surface area contributed by atoms with Crippen molar-refractivity contribution in [2.75, 3.05) is 23.0 Å². The Morgan fingerprint density at radius 2 is 2.17 bits per heavy atom. The lowest BCUT2D eigenvalue weighted by Crippen LogP contribution is -2.26. The Morgan fingerprint density at radius 3 is 2.83 bits per heavy atom. The largest absolute Gasteiger partial charge is 0.397 e. The Hall–Kier alpha value is -1.75. The maximum absolute atomic E-state index is 11.3. The Kier molecular flexibility index (Phi) is 2.45. The van der Waals surface area contributed by atoms with E-state index in [1.807, 2.05) is 6.07 Å². The molecule has 1 amide bonds. The van der Waals surface area contributed by atoms with Crippen LogP contribution in [-0.2, 0) is 11.2 Å². The van der Waals surface area contributed by atoms with Gasteiger partial charge in [0.25, 0.3) is 0 Å². The summed E-state index contributed by atoms with van der Waals surface area (Å²) in [6.07, 6.45) is 3.19. The lowest BCUT2D eigenvalue weighted by Gasteiger charge is -2.22. The number of carbonyl (C=O) groups is 1. The molecular formula is C13H17N3O2. The predicted molar refractivity (Wildman–Crippen MR) is 70.5 cm³/mol. The van der Waals surface area contributed by atoms with Crippen LogP contribution in [0.4, 0.5) is 17.1 Å². The fourth-order valence-electron chi connectivity index (χ4n) is 2.31. The highest BCUT2D eigenvalue weighted by atomic mass is 16.3. The lowest BCUT2D eigenvalue weighted by molar-refractivity contribution is -0.116. The van der Waals surface area contributed by atoms with E-state index in [0.717, 1.165) is 36.2 Å². The van der Waals surface area contributed by atoms with Crippen molar-refractivity contribution in [3.05, 3.63) is 17.7 Å². The molecule has 0 saturated heterocycles. The molecule has 1 saturated carbocycles. The number of aryl methyl sites for hydroxylation is 1. The standard InChI is InChI=1S/C13H17N3O2/c14-9-6-10-8(1-2-12(18)15-10)5-11(9)16-13(7-17)3-4-13/h5-6,16-17H,1-4,7,14H2,(H,15,18).